The van der Waals surface area contributed by atoms with E-state index in [1.54, 1.807) is 24.3 Å². The molecule has 28 heavy (non-hydrogen) atoms. The summed E-state index contributed by atoms with van der Waals surface area (Å²) >= 11 is 2.47. The molecule has 0 saturated carbocycles. The van der Waals surface area contributed by atoms with Gasteiger partial charge in [-0.1, -0.05) is 35.2 Å². The van der Waals surface area contributed by atoms with Gasteiger partial charge in [0.25, 0.3) is 17.0 Å². The third-order valence-electron chi connectivity index (χ3n) is 3.48. The highest BCUT2D eigenvalue weighted by Crippen LogP contribution is 2.26. The van der Waals surface area contributed by atoms with E-state index in [0.717, 1.165) is 5.56 Å². The first kappa shape index (κ1) is 18.3. The predicted octanol–water partition coefficient (Wildman–Crippen LogP) is 3.54. The van der Waals surface area contributed by atoms with Crippen molar-refractivity contribution in [3.8, 4) is 11.7 Å². The number of carbonyl (C=O) groups excluding carboxylic acids is 1. The molecule has 1 amide bonds. The minimum atomic E-state index is -0.337. The largest absolute Gasteiger partial charge is 0.459 e. The van der Waals surface area contributed by atoms with Gasteiger partial charge in [0.2, 0.25) is 5.01 Å². The molecule has 1 aromatic carbocycles. The third kappa shape index (κ3) is 4.43. The van der Waals surface area contributed by atoms with Crippen molar-refractivity contribution in [2.45, 2.75) is 17.5 Å². The Kier molecular flexibility index (Phi) is 5.44. The average Bonchev–Trinajstić information content (AvgIpc) is 3.47. The normalized spacial score (nSPS) is 10.9. The van der Waals surface area contributed by atoms with Crippen molar-refractivity contribution in [3.63, 3.8) is 0 Å². The fraction of sp³-hybridized carbons (Fsp3) is 0.118. The van der Waals surface area contributed by atoms with Crippen LogP contribution < -0.4 is 5.32 Å². The molecule has 0 radical (unpaired) electrons. The van der Waals surface area contributed by atoms with Crippen LogP contribution in [0.1, 0.15) is 20.4 Å². The number of amides is 1. The summed E-state index contributed by atoms with van der Waals surface area (Å²) in [7, 11) is 0. The molecule has 0 spiro atoms. The maximum absolute atomic E-state index is 12.9. The van der Waals surface area contributed by atoms with Crippen molar-refractivity contribution in [3.05, 3.63) is 64.1 Å². The van der Waals surface area contributed by atoms with E-state index in [4.69, 9.17) is 8.83 Å². The number of rotatable bonds is 7. The highest BCUT2D eigenvalue weighted by molar-refractivity contribution is 7.98. The molecule has 0 fully saturated rings. The van der Waals surface area contributed by atoms with Gasteiger partial charge in [0.15, 0.2) is 5.76 Å². The van der Waals surface area contributed by atoms with Gasteiger partial charge >= 0.3 is 0 Å². The van der Waals surface area contributed by atoms with Crippen LogP contribution in [0.3, 0.4) is 0 Å². The molecule has 0 bridgehead atoms. The zero-order valence-corrected chi connectivity index (χ0v) is 15.8. The van der Waals surface area contributed by atoms with Gasteiger partial charge in [-0.3, -0.25) is 4.79 Å². The SMILES string of the molecule is O=C(NCc1ccc(F)cc1)c1nnc(CSc2nnc(-c3ccco3)o2)s1. The van der Waals surface area contributed by atoms with E-state index in [-0.39, 0.29) is 23.3 Å². The van der Waals surface area contributed by atoms with E-state index in [0.29, 0.717) is 27.6 Å². The monoisotopic (exact) mass is 417 g/mol. The first-order valence-electron chi connectivity index (χ1n) is 8.02. The maximum atomic E-state index is 12.9. The number of benzene rings is 1. The molecular weight excluding hydrogens is 405 g/mol. The number of nitrogens with one attached hydrogen (secondary N) is 1. The quantitative estimate of drug-likeness (QED) is 0.455. The molecule has 0 saturated heterocycles. The van der Waals surface area contributed by atoms with Crippen LogP contribution in [0.25, 0.3) is 11.7 Å². The van der Waals surface area contributed by atoms with Crippen molar-refractivity contribution < 1.29 is 18.0 Å². The molecule has 4 rings (SSSR count). The van der Waals surface area contributed by atoms with Gasteiger partial charge in [-0.25, -0.2) is 4.39 Å². The minimum Gasteiger partial charge on any atom is -0.459 e. The van der Waals surface area contributed by atoms with Gasteiger partial charge in [-0.2, -0.15) is 0 Å². The molecule has 0 aliphatic heterocycles. The molecule has 4 aromatic rings. The van der Waals surface area contributed by atoms with E-state index in [9.17, 15) is 9.18 Å². The topological polar surface area (TPSA) is 107 Å². The Morgan fingerprint density at radius 2 is 2.00 bits per heavy atom. The molecule has 1 N–H and O–H groups in total. The number of thioether (sulfide) groups is 1. The highest BCUT2D eigenvalue weighted by atomic mass is 32.2. The fourth-order valence-electron chi connectivity index (χ4n) is 2.16. The molecule has 8 nitrogen and oxygen atoms in total. The summed E-state index contributed by atoms with van der Waals surface area (Å²) in [4.78, 5) is 12.2. The Morgan fingerprint density at radius 3 is 2.79 bits per heavy atom. The second-order valence-electron chi connectivity index (χ2n) is 5.45. The number of carbonyl (C=O) groups is 1. The lowest BCUT2D eigenvalue weighted by Crippen LogP contribution is -2.22. The van der Waals surface area contributed by atoms with Crippen LogP contribution in [0.4, 0.5) is 4.39 Å². The first-order chi connectivity index (χ1) is 13.7. The lowest BCUT2D eigenvalue weighted by atomic mass is 10.2. The summed E-state index contributed by atoms with van der Waals surface area (Å²) in [5.41, 5.74) is 0.791. The lowest BCUT2D eigenvalue weighted by Gasteiger charge is -2.02. The lowest BCUT2D eigenvalue weighted by molar-refractivity contribution is 0.0950. The summed E-state index contributed by atoms with van der Waals surface area (Å²) < 4.78 is 23.6. The maximum Gasteiger partial charge on any atom is 0.284 e. The number of hydrogen-bond donors (Lipinski definition) is 1. The Hall–Kier alpha value is -3.05. The van der Waals surface area contributed by atoms with Crippen LogP contribution in [0, 0.1) is 5.82 Å². The number of aromatic nitrogens is 4. The van der Waals surface area contributed by atoms with E-state index in [1.165, 1.54) is 41.5 Å². The summed E-state index contributed by atoms with van der Waals surface area (Å²) in [6.07, 6.45) is 1.52. The third-order valence-corrected chi connectivity index (χ3v) is 5.42. The Labute approximate surface area is 166 Å². The summed E-state index contributed by atoms with van der Waals surface area (Å²) in [5, 5.41) is 19.7. The van der Waals surface area contributed by atoms with Crippen molar-refractivity contribution in [2.75, 3.05) is 0 Å². The van der Waals surface area contributed by atoms with Gasteiger partial charge in [0.1, 0.15) is 10.8 Å². The molecule has 3 heterocycles. The van der Waals surface area contributed by atoms with Crippen LogP contribution in [0.2, 0.25) is 0 Å². The van der Waals surface area contributed by atoms with Crippen LogP contribution in [-0.2, 0) is 12.3 Å². The predicted molar refractivity (Wildman–Crippen MR) is 99.0 cm³/mol. The van der Waals surface area contributed by atoms with Gasteiger partial charge in [0, 0.05) is 6.54 Å². The number of furan rings is 1. The van der Waals surface area contributed by atoms with E-state index < -0.39 is 0 Å². The van der Waals surface area contributed by atoms with Crippen molar-refractivity contribution in [2.24, 2.45) is 0 Å². The number of halogens is 1. The molecule has 3 aromatic heterocycles. The van der Waals surface area contributed by atoms with Gasteiger partial charge in [-0.15, -0.1) is 20.4 Å². The van der Waals surface area contributed by atoms with E-state index in [1.807, 2.05) is 0 Å². The molecular formula is C17H12FN5O3S2. The Balaban J connectivity index is 1.30. The first-order valence-corrected chi connectivity index (χ1v) is 9.83. The standard InChI is InChI=1S/C17H12FN5O3S2/c18-11-5-3-10(4-6-11)8-19-14(24)16-22-20-13(28-16)9-27-17-23-21-15(26-17)12-2-1-7-25-12/h1-7H,8-9H2,(H,19,24). The van der Waals surface area contributed by atoms with Gasteiger partial charge in [-0.05, 0) is 29.8 Å². The fourth-order valence-corrected chi connectivity index (χ4v) is 3.66. The molecule has 11 heteroatoms. The summed E-state index contributed by atoms with van der Waals surface area (Å²) in [6.45, 7) is 0.278. The van der Waals surface area contributed by atoms with E-state index >= 15 is 0 Å². The summed E-state index contributed by atoms with van der Waals surface area (Å²) in [5.74, 6) is 0.568. The molecule has 0 aliphatic rings. The van der Waals surface area contributed by atoms with Crippen LogP contribution in [0.15, 0.2) is 56.7 Å². The minimum absolute atomic E-state index is 0.250. The Morgan fingerprint density at radius 1 is 1.14 bits per heavy atom. The van der Waals surface area contributed by atoms with Crippen LogP contribution in [0.5, 0.6) is 0 Å². The van der Waals surface area contributed by atoms with Gasteiger partial charge < -0.3 is 14.2 Å². The van der Waals surface area contributed by atoms with Crippen molar-refractivity contribution in [1.82, 2.24) is 25.7 Å². The zero-order valence-electron chi connectivity index (χ0n) is 14.2. The van der Waals surface area contributed by atoms with Crippen molar-refractivity contribution >= 4 is 29.0 Å². The van der Waals surface area contributed by atoms with Crippen LogP contribution >= 0.6 is 23.1 Å². The molecule has 0 unspecified atom stereocenters. The second-order valence-corrected chi connectivity index (χ2v) is 7.44. The molecule has 142 valence electrons. The molecule has 0 aliphatic carbocycles. The molecule has 0 atom stereocenters. The average molecular weight is 417 g/mol. The Bertz CT molecular complexity index is 1060. The smallest absolute Gasteiger partial charge is 0.284 e. The van der Waals surface area contributed by atoms with E-state index in [2.05, 4.69) is 25.7 Å². The number of hydrogen-bond acceptors (Lipinski definition) is 9. The van der Waals surface area contributed by atoms with Crippen LogP contribution in [-0.4, -0.2) is 26.3 Å². The highest BCUT2D eigenvalue weighted by Gasteiger charge is 2.15. The summed E-state index contributed by atoms with van der Waals surface area (Å²) in [6, 6.07) is 9.37. The second kappa shape index (κ2) is 8.31. The zero-order chi connectivity index (χ0) is 19.3. The number of nitrogens with zero attached hydrogens (tertiary/aromatic N) is 4. The van der Waals surface area contributed by atoms with Gasteiger partial charge in [0.05, 0.1) is 12.0 Å². The van der Waals surface area contributed by atoms with Crippen molar-refractivity contribution in [1.29, 1.82) is 0 Å².